The number of nitrogens with one attached hydrogen (secondary N) is 1. The summed E-state index contributed by atoms with van der Waals surface area (Å²) in [6.07, 6.45) is 3.70. The first-order chi connectivity index (χ1) is 11.1. The Morgan fingerprint density at radius 3 is 2.70 bits per heavy atom. The average molecular weight is 321 g/mol. The van der Waals surface area contributed by atoms with Gasteiger partial charge in [0.25, 0.3) is 0 Å². The van der Waals surface area contributed by atoms with E-state index in [0.717, 1.165) is 18.4 Å². The Morgan fingerprint density at radius 2 is 2.09 bits per heavy atom. The van der Waals surface area contributed by atoms with Gasteiger partial charge in [0.05, 0.1) is 18.8 Å². The summed E-state index contributed by atoms with van der Waals surface area (Å²) in [4.78, 5) is 12.4. The molecule has 0 unspecified atom stereocenters. The summed E-state index contributed by atoms with van der Waals surface area (Å²) in [5.74, 6) is 0.194. The molecule has 3 rings (SSSR count). The second-order valence-electron chi connectivity index (χ2n) is 6.51. The lowest BCUT2D eigenvalue weighted by Gasteiger charge is -2.26. The number of halogens is 1. The lowest BCUT2D eigenvalue weighted by atomic mass is 9.99. The molecule has 2 fully saturated rings. The standard InChI is InChI=1S/C18H24FNO3/c1-12(23-11-13-4-5-13)18(21)20-17(16-3-2-10-22-16)14-6-8-15(19)9-7-14/h6-9,12-13,16-17H,2-5,10-11H2,1H3,(H,20,21)/t12-,16-,17+/m0/s1. The highest BCUT2D eigenvalue weighted by Crippen LogP contribution is 2.30. The third-order valence-corrected chi connectivity index (χ3v) is 4.51. The van der Waals surface area contributed by atoms with Crippen LogP contribution in [0, 0.1) is 11.7 Å². The maximum absolute atomic E-state index is 13.2. The molecule has 4 nitrogen and oxygen atoms in total. The van der Waals surface area contributed by atoms with Crippen LogP contribution < -0.4 is 5.32 Å². The molecule has 1 N–H and O–H groups in total. The van der Waals surface area contributed by atoms with Crippen LogP contribution in [0.4, 0.5) is 4.39 Å². The summed E-state index contributed by atoms with van der Waals surface area (Å²) in [7, 11) is 0. The van der Waals surface area contributed by atoms with E-state index < -0.39 is 6.10 Å². The van der Waals surface area contributed by atoms with E-state index in [4.69, 9.17) is 9.47 Å². The van der Waals surface area contributed by atoms with Gasteiger partial charge in [0.2, 0.25) is 5.91 Å². The van der Waals surface area contributed by atoms with Crippen LogP contribution in [-0.2, 0) is 14.3 Å². The van der Waals surface area contributed by atoms with Crippen LogP contribution in [-0.4, -0.2) is 31.3 Å². The number of carbonyl (C=O) groups is 1. The van der Waals surface area contributed by atoms with Crippen molar-refractivity contribution in [2.45, 2.75) is 50.9 Å². The minimum atomic E-state index is -0.486. The summed E-state index contributed by atoms with van der Waals surface area (Å²) < 4.78 is 24.5. The molecule has 1 aliphatic carbocycles. The van der Waals surface area contributed by atoms with E-state index in [9.17, 15) is 9.18 Å². The molecular formula is C18H24FNO3. The number of ether oxygens (including phenoxy) is 2. The maximum Gasteiger partial charge on any atom is 0.249 e. The topological polar surface area (TPSA) is 47.6 Å². The number of hydrogen-bond acceptors (Lipinski definition) is 3. The normalized spacial score (nSPS) is 23.5. The Balaban J connectivity index is 1.64. The molecule has 1 amide bonds. The molecule has 1 aliphatic heterocycles. The second-order valence-corrected chi connectivity index (χ2v) is 6.51. The fraction of sp³-hybridized carbons (Fsp3) is 0.611. The van der Waals surface area contributed by atoms with Gasteiger partial charge >= 0.3 is 0 Å². The van der Waals surface area contributed by atoms with E-state index in [0.29, 0.717) is 19.1 Å². The van der Waals surface area contributed by atoms with Crippen LogP contribution in [0.2, 0.25) is 0 Å². The Bertz CT molecular complexity index is 524. The highest BCUT2D eigenvalue weighted by atomic mass is 19.1. The summed E-state index contributed by atoms with van der Waals surface area (Å²) in [5, 5.41) is 3.03. The molecule has 0 aromatic heterocycles. The quantitative estimate of drug-likeness (QED) is 0.840. The van der Waals surface area contributed by atoms with Crippen LogP contribution in [0.15, 0.2) is 24.3 Å². The van der Waals surface area contributed by atoms with E-state index >= 15 is 0 Å². The van der Waals surface area contributed by atoms with E-state index in [1.165, 1.54) is 25.0 Å². The Morgan fingerprint density at radius 1 is 1.35 bits per heavy atom. The zero-order valence-electron chi connectivity index (χ0n) is 13.5. The summed E-state index contributed by atoms with van der Waals surface area (Å²) in [5.41, 5.74) is 0.862. The predicted octanol–water partition coefficient (Wildman–Crippen LogP) is 2.98. The summed E-state index contributed by atoms with van der Waals surface area (Å²) in [6.45, 7) is 3.12. The van der Waals surface area contributed by atoms with Crippen LogP contribution in [0.1, 0.15) is 44.2 Å². The number of rotatable bonds is 7. The molecule has 0 spiro atoms. The molecule has 1 saturated heterocycles. The van der Waals surface area contributed by atoms with Crippen molar-refractivity contribution in [3.05, 3.63) is 35.6 Å². The van der Waals surface area contributed by atoms with Gasteiger partial charge in [0, 0.05) is 6.61 Å². The van der Waals surface area contributed by atoms with Gasteiger partial charge in [0.1, 0.15) is 11.9 Å². The first kappa shape index (κ1) is 16.4. The molecule has 23 heavy (non-hydrogen) atoms. The van der Waals surface area contributed by atoms with E-state index in [1.54, 1.807) is 19.1 Å². The molecule has 3 atom stereocenters. The summed E-state index contributed by atoms with van der Waals surface area (Å²) >= 11 is 0. The smallest absolute Gasteiger partial charge is 0.249 e. The highest BCUT2D eigenvalue weighted by molar-refractivity contribution is 5.80. The van der Waals surface area contributed by atoms with Crippen molar-refractivity contribution in [3.8, 4) is 0 Å². The third-order valence-electron chi connectivity index (χ3n) is 4.51. The fourth-order valence-electron chi connectivity index (χ4n) is 2.84. The zero-order valence-corrected chi connectivity index (χ0v) is 13.5. The van der Waals surface area contributed by atoms with Gasteiger partial charge < -0.3 is 14.8 Å². The number of benzene rings is 1. The van der Waals surface area contributed by atoms with E-state index in [2.05, 4.69) is 5.32 Å². The van der Waals surface area contributed by atoms with Crippen LogP contribution in [0.3, 0.4) is 0 Å². The number of hydrogen-bond donors (Lipinski definition) is 1. The van der Waals surface area contributed by atoms with Gasteiger partial charge in [-0.1, -0.05) is 12.1 Å². The molecule has 1 heterocycles. The van der Waals surface area contributed by atoms with E-state index in [1.807, 2.05) is 0 Å². The van der Waals surface area contributed by atoms with Gasteiger partial charge in [-0.05, 0) is 56.2 Å². The van der Waals surface area contributed by atoms with Crippen molar-refractivity contribution >= 4 is 5.91 Å². The van der Waals surface area contributed by atoms with Crippen molar-refractivity contribution in [2.75, 3.05) is 13.2 Å². The van der Waals surface area contributed by atoms with Gasteiger partial charge in [0.15, 0.2) is 0 Å². The van der Waals surface area contributed by atoms with E-state index in [-0.39, 0.29) is 23.9 Å². The van der Waals surface area contributed by atoms with Crippen LogP contribution in [0.5, 0.6) is 0 Å². The van der Waals surface area contributed by atoms with Crippen molar-refractivity contribution in [3.63, 3.8) is 0 Å². The molecule has 1 saturated carbocycles. The van der Waals surface area contributed by atoms with Gasteiger partial charge in [-0.15, -0.1) is 0 Å². The minimum absolute atomic E-state index is 0.0694. The highest BCUT2D eigenvalue weighted by Gasteiger charge is 2.31. The molecule has 0 radical (unpaired) electrons. The number of carbonyl (C=O) groups excluding carboxylic acids is 1. The average Bonchev–Trinajstić information content (AvgIpc) is 3.23. The second kappa shape index (κ2) is 7.41. The minimum Gasteiger partial charge on any atom is -0.376 e. The first-order valence-corrected chi connectivity index (χ1v) is 8.42. The lowest BCUT2D eigenvalue weighted by Crippen LogP contribution is -2.41. The Hall–Kier alpha value is -1.46. The maximum atomic E-state index is 13.2. The van der Waals surface area contributed by atoms with Crippen molar-refractivity contribution in [1.29, 1.82) is 0 Å². The van der Waals surface area contributed by atoms with Gasteiger partial charge in [-0.2, -0.15) is 0 Å². The molecule has 2 aliphatic rings. The fourth-order valence-corrected chi connectivity index (χ4v) is 2.84. The largest absolute Gasteiger partial charge is 0.376 e. The Labute approximate surface area is 136 Å². The van der Waals surface area contributed by atoms with Crippen molar-refractivity contribution in [1.82, 2.24) is 5.32 Å². The zero-order chi connectivity index (χ0) is 16.2. The first-order valence-electron chi connectivity index (χ1n) is 8.42. The van der Waals surface area contributed by atoms with Crippen LogP contribution in [0.25, 0.3) is 0 Å². The van der Waals surface area contributed by atoms with Crippen molar-refractivity contribution < 1.29 is 18.7 Å². The number of amides is 1. The van der Waals surface area contributed by atoms with Crippen LogP contribution >= 0.6 is 0 Å². The molecular weight excluding hydrogens is 297 g/mol. The molecule has 1 aromatic rings. The lowest BCUT2D eigenvalue weighted by molar-refractivity contribution is -0.133. The summed E-state index contributed by atoms with van der Waals surface area (Å²) in [6, 6.07) is 5.97. The molecule has 1 aromatic carbocycles. The third kappa shape index (κ3) is 4.52. The molecule has 0 bridgehead atoms. The van der Waals surface area contributed by atoms with Gasteiger partial charge in [-0.3, -0.25) is 4.79 Å². The molecule has 5 heteroatoms. The van der Waals surface area contributed by atoms with Crippen molar-refractivity contribution in [2.24, 2.45) is 5.92 Å². The molecule has 126 valence electrons. The van der Waals surface area contributed by atoms with Gasteiger partial charge in [-0.25, -0.2) is 4.39 Å². The Kier molecular flexibility index (Phi) is 5.28. The predicted molar refractivity (Wildman–Crippen MR) is 84.4 cm³/mol. The monoisotopic (exact) mass is 321 g/mol. The SMILES string of the molecule is C[C@H](OCC1CC1)C(=O)N[C@H](c1ccc(F)cc1)[C@@H]1CCCO1.